The number of piperidine rings is 1. The minimum Gasteiger partial charge on any atom is -0.351 e. The van der Waals surface area contributed by atoms with Crippen LogP contribution in [0.4, 0.5) is 8.78 Å². The van der Waals surface area contributed by atoms with Crippen molar-refractivity contribution in [3.05, 3.63) is 35.4 Å². The topological polar surface area (TPSA) is 70.2 Å². The van der Waals surface area contributed by atoms with Crippen LogP contribution in [0.15, 0.2) is 18.2 Å². The maximum Gasteiger partial charge on any atom is 0.257 e. The Bertz CT molecular complexity index is 616. The van der Waals surface area contributed by atoms with Crippen LogP contribution < -0.4 is 16.0 Å². The third kappa shape index (κ3) is 4.98. The summed E-state index contributed by atoms with van der Waals surface area (Å²) < 4.78 is 27.5. The van der Waals surface area contributed by atoms with Gasteiger partial charge in [0.1, 0.15) is 23.2 Å². The molecule has 1 aliphatic heterocycles. The number of carbonyl (C=O) groups is 2. The van der Waals surface area contributed by atoms with Crippen LogP contribution in [0.2, 0.25) is 0 Å². The lowest BCUT2D eigenvalue weighted by molar-refractivity contribution is -0.124. The number of amides is 2. The van der Waals surface area contributed by atoms with Gasteiger partial charge in [-0.2, -0.15) is 0 Å². The summed E-state index contributed by atoms with van der Waals surface area (Å²) in [6, 6.07) is 2.67. The maximum atomic E-state index is 13.8. The van der Waals surface area contributed by atoms with Crippen molar-refractivity contribution < 1.29 is 18.4 Å². The van der Waals surface area contributed by atoms with Crippen LogP contribution >= 0.6 is 0 Å². The Morgan fingerprint density at radius 3 is 2.44 bits per heavy atom. The molecule has 3 unspecified atom stereocenters. The van der Waals surface area contributed by atoms with Gasteiger partial charge in [0, 0.05) is 12.1 Å². The van der Waals surface area contributed by atoms with Gasteiger partial charge in [-0.1, -0.05) is 19.9 Å². The van der Waals surface area contributed by atoms with Gasteiger partial charge < -0.3 is 16.0 Å². The third-order valence-corrected chi connectivity index (χ3v) is 4.40. The molecule has 0 radical (unpaired) electrons. The van der Waals surface area contributed by atoms with Gasteiger partial charge in [0.15, 0.2) is 0 Å². The molecule has 1 saturated heterocycles. The van der Waals surface area contributed by atoms with Gasteiger partial charge in [-0.3, -0.25) is 9.59 Å². The second-order valence-electron chi connectivity index (χ2n) is 6.88. The number of halogens is 2. The van der Waals surface area contributed by atoms with Gasteiger partial charge in [0.05, 0.1) is 0 Å². The van der Waals surface area contributed by atoms with Crippen LogP contribution in [-0.4, -0.2) is 36.5 Å². The predicted molar refractivity (Wildman–Crippen MR) is 91.1 cm³/mol. The van der Waals surface area contributed by atoms with E-state index < -0.39 is 29.1 Å². The number of carbonyl (C=O) groups excluding carboxylic acids is 2. The Kier molecular flexibility index (Phi) is 6.47. The van der Waals surface area contributed by atoms with Crippen LogP contribution in [0.3, 0.4) is 0 Å². The molecule has 1 aromatic carbocycles. The fourth-order valence-electron chi connectivity index (χ4n) is 3.02. The first-order valence-corrected chi connectivity index (χ1v) is 8.58. The molecule has 1 aromatic rings. The molecule has 0 aliphatic carbocycles. The lowest BCUT2D eigenvalue weighted by atomic mass is 9.98. The first kappa shape index (κ1) is 19.3. The Morgan fingerprint density at radius 1 is 1.24 bits per heavy atom. The van der Waals surface area contributed by atoms with Crippen molar-refractivity contribution in [1.82, 2.24) is 16.0 Å². The van der Waals surface area contributed by atoms with Crippen LogP contribution in [0, 0.1) is 17.6 Å². The molecule has 0 spiro atoms. The fourth-order valence-corrected chi connectivity index (χ4v) is 3.02. The van der Waals surface area contributed by atoms with Gasteiger partial charge in [0.2, 0.25) is 5.91 Å². The Hall–Kier alpha value is -2.02. The highest BCUT2D eigenvalue weighted by Gasteiger charge is 2.29. The average Bonchev–Trinajstić information content (AvgIpc) is 2.52. The van der Waals surface area contributed by atoms with Crippen molar-refractivity contribution in [3.63, 3.8) is 0 Å². The molecule has 25 heavy (non-hydrogen) atoms. The molecule has 0 saturated carbocycles. The Balaban J connectivity index is 2.07. The first-order valence-electron chi connectivity index (χ1n) is 8.58. The molecule has 0 bridgehead atoms. The molecular formula is C18H25F2N3O2. The van der Waals surface area contributed by atoms with Crippen LogP contribution in [0.5, 0.6) is 0 Å². The highest BCUT2D eigenvalue weighted by Crippen LogP contribution is 2.14. The molecule has 2 rings (SSSR count). The smallest absolute Gasteiger partial charge is 0.257 e. The second-order valence-corrected chi connectivity index (χ2v) is 6.88. The lowest BCUT2D eigenvalue weighted by Crippen LogP contribution is -2.54. The van der Waals surface area contributed by atoms with E-state index in [9.17, 15) is 18.4 Å². The molecule has 138 valence electrons. The van der Waals surface area contributed by atoms with Crippen molar-refractivity contribution in [2.45, 2.75) is 51.7 Å². The molecule has 7 heteroatoms. The minimum absolute atomic E-state index is 0.0205. The number of hydrogen-bond acceptors (Lipinski definition) is 3. The third-order valence-electron chi connectivity index (χ3n) is 4.40. The fraction of sp³-hybridized carbons (Fsp3) is 0.556. The molecular weight excluding hydrogens is 328 g/mol. The van der Waals surface area contributed by atoms with E-state index in [4.69, 9.17) is 0 Å². The zero-order valence-electron chi connectivity index (χ0n) is 14.7. The van der Waals surface area contributed by atoms with E-state index in [1.165, 1.54) is 6.07 Å². The van der Waals surface area contributed by atoms with Crippen LogP contribution in [0.25, 0.3) is 0 Å². The van der Waals surface area contributed by atoms with Crippen molar-refractivity contribution in [3.8, 4) is 0 Å². The van der Waals surface area contributed by atoms with Gasteiger partial charge >= 0.3 is 0 Å². The van der Waals surface area contributed by atoms with E-state index in [1.54, 1.807) is 13.8 Å². The SMILES string of the molecule is CC1CC(NC(=O)C(NC(=O)c2c(F)cccc2F)C(C)C)CCN1. The lowest BCUT2D eigenvalue weighted by Gasteiger charge is -2.31. The van der Waals surface area contributed by atoms with Crippen molar-refractivity contribution >= 4 is 11.8 Å². The summed E-state index contributed by atoms with van der Waals surface area (Å²) >= 11 is 0. The van der Waals surface area contributed by atoms with Crippen LogP contribution in [0.1, 0.15) is 44.0 Å². The van der Waals surface area contributed by atoms with E-state index in [1.807, 2.05) is 6.92 Å². The van der Waals surface area contributed by atoms with Crippen molar-refractivity contribution in [1.29, 1.82) is 0 Å². The second kappa shape index (κ2) is 8.38. The van der Waals surface area contributed by atoms with Gasteiger partial charge in [0.25, 0.3) is 5.91 Å². The largest absolute Gasteiger partial charge is 0.351 e. The first-order chi connectivity index (χ1) is 11.8. The highest BCUT2D eigenvalue weighted by atomic mass is 19.1. The summed E-state index contributed by atoms with van der Waals surface area (Å²) in [6.45, 7) is 6.40. The number of rotatable bonds is 5. The summed E-state index contributed by atoms with van der Waals surface area (Å²) in [5, 5.41) is 8.70. The predicted octanol–water partition coefficient (Wildman–Crippen LogP) is 1.98. The summed E-state index contributed by atoms with van der Waals surface area (Å²) in [7, 11) is 0. The monoisotopic (exact) mass is 353 g/mol. The van der Waals surface area contributed by atoms with Crippen molar-refractivity contribution in [2.75, 3.05) is 6.54 Å². The zero-order chi connectivity index (χ0) is 18.6. The molecule has 1 aliphatic rings. The van der Waals surface area contributed by atoms with E-state index in [0.717, 1.165) is 31.5 Å². The Labute approximate surface area is 146 Å². The molecule has 0 aromatic heterocycles. The zero-order valence-corrected chi connectivity index (χ0v) is 14.7. The highest BCUT2D eigenvalue weighted by molar-refractivity contribution is 5.98. The minimum atomic E-state index is -0.951. The van der Waals surface area contributed by atoms with E-state index >= 15 is 0 Å². The standard InChI is InChI=1S/C18H25F2N3O2/c1-10(2)16(18(25)22-12-7-8-21-11(3)9-12)23-17(24)15-13(19)5-4-6-14(15)20/h4-6,10-12,16,21H,7-9H2,1-3H3,(H,22,25)(H,23,24). The van der Waals surface area contributed by atoms with Gasteiger partial charge in [-0.15, -0.1) is 0 Å². The molecule has 3 atom stereocenters. The van der Waals surface area contributed by atoms with Crippen molar-refractivity contribution in [2.24, 2.45) is 5.92 Å². The molecule has 1 heterocycles. The number of nitrogens with one attached hydrogen (secondary N) is 3. The molecule has 5 nitrogen and oxygen atoms in total. The summed E-state index contributed by atoms with van der Waals surface area (Å²) in [5.41, 5.74) is -0.670. The van der Waals surface area contributed by atoms with Gasteiger partial charge in [-0.05, 0) is 44.4 Å². The summed E-state index contributed by atoms with van der Waals surface area (Å²) in [4.78, 5) is 24.8. The number of benzene rings is 1. The summed E-state index contributed by atoms with van der Waals surface area (Å²) in [6.07, 6.45) is 1.60. The van der Waals surface area contributed by atoms with Gasteiger partial charge in [-0.25, -0.2) is 8.78 Å². The average molecular weight is 353 g/mol. The molecule has 2 amide bonds. The molecule has 1 fully saturated rings. The quantitative estimate of drug-likeness (QED) is 0.758. The number of hydrogen-bond donors (Lipinski definition) is 3. The van der Waals surface area contributed by atoms with E-state index in [2.05, 4.69) is 16.0 Å². The summed E-state index contributed by atoms with van der Waals surface area (Å²) in [5.74, 6) is -3.39. The normalized spacial score (nSPS) is 21.7. The van der Waals surface area contributed by atoms with E-state index in [-0.39, 0.29) is 17.9 Å². The molecule has 3 N–H and O–H groups in total. The van der Waals surface area contributed by atoms with E-state index in [0.29, 0.717) is 6.04 Å². The van der Waals surface area contributed by atoms with Crippen LogP contribution in [-0.2, 0) is 4.79 Å². The maximum absolute atomic E-state index is 13.8. The Morgan fingerprint density at radius 2 is 1.88 bits per heavy atom.